The van der Waals surface area contributed by atoms with Gasteiger partial charge in [-0.15, -0.1) is 16.4 Å². The van der Waals surface area contributed by atoms with E-state index < -0.39 is 0 Å². The van der Waals surface area contributed by atoms with Crippen LogP contribution in [0.4, 0.5) is 5.95 Å². The van der Waals surface area contributed by atoms with Gasteiger partial charge in [0.2, 0.25) is 16.8 Å². The average molecular weight is 346 g/mol. The summed E-state index contributed by atoms with van der Waals surface area (Å²) in [5, 5.41) is 8.93. The second kappa shape index (κ2) is 7.31. The van der Waals surface area contributed by atoms with Crippen LogP contribution in [-0.2, 0) is 4.79 Å². The van der Waals surface area contributed by atoms with Gasteiger partial charge >= 0.3 is 0 Å². The van der Waals surface area contributed by atoms with Crippen molar-refractivity contribution in [2.45, 2.75) is 19.8 Å². The Labute approximate surface area is 143 Å². The summed E-state index contributed by atoms with van der Waals surface area (Å²) in [5.41, 5.74) is 0.996. The molecule has 0 spiro atoms. The van der Waals surface area contributed by atoms with Gasteiger partial charge in [-0.2, -0.15) is 4.98 Å². The van der Waals surface area contributed by atoms with Crippen LogP contribution < -0.4 is 14.8 Å². The fourth-order valence-corrected chi connectivity index (χ4v) is 2.93. The second-order valence-corrected chi connectivity index (χ2v) is 6.02. The van der Waals surface area contributed by atoms with Crippen LogP contribution in [-0.4, -0.2) is 34.2 Å². The van der Waals surface area contributed by atoms with E-state index in [1.807, 2.05) is 36.6 Å². The Morgan fingerprint density at radius 3 is 2.75 bits per heavy atom. The van der Waals surface area contributed by atoms with Crippen molar-refractivity contribution in [2.24, 2.45) is 0 Å². The summed E-state index contributed by atoms with van der Waals surface area (Å²) in [6.45, 7) is 2.41. The lowest BCUT2D eigenvalue weighted by molar-refractivity contribution is -0.116. The molecular formula is C16H18N4O3S. The maximum Gasteiger partial charge on any atom is 0.250 e. The topological polar surface area (TPSA) is 77.8 Å². The van der Waals surface area contributed by atoms with E-state index in [4.69, 9.17) is 9.47 Å². The van der Waals surface area contributed by atoms with Crippen LogP contribution in [0.1, 0.15) is 18.5 Å². The van der Waals surface area contributed by atoms with Crippen molar-refractivity contribution in [3.8, 4) is 11.5 Å². The minimum atomic E-state index is -0.121. The third-order valence-corrected chi connectivity index (χ3v) is 4.31. The lowest BCUT2D eigenvalue weighted by Gasteiger charge is -2.06. The molecule has 0 bridgehead atoms. The molecule has 24 heavy (non-hydrogen) atoms. The number of aryl methyl sites for hydroxylation is 1. The number of methoxy groups -OCH3 is 1. The summed E-state index contributed by atoms with van der Waals surface area (Å²) >= 11 is 1.49. The molecule has 0 aliphatic carbocycles. The molecule has 126 valence electrons. The number of ether oxygens (including phenoxy) is 2. The first-order valence-corrected chi connectivity index (χ1v) is 8.41. The highest BCUT2D eigenvalue weighted by molar-refractivity contribution is 7.15. The number of amides is 1. The highest BCUT2D eigenvalue weighted by atomic mass is 32.1. The lowest BCUT2D eigenvalue weighted by atomic mass is 10.3. The third-order valence-electron chi connectivity index (χ3n) is 3.37. The van der Waals surface area contributed by atoms with E-state index in [2.05, 4.69) is 15.4 Å². The molecule has 0 saturated carbocycles. The number of aromatic nitrogens is 3. The van der Waals surface area contributed by atoms with Crippen molar-refractivity contribution >= 4 is 28.2 Å². The van der Waals surface area contributed by atoms with E-state index in [9.17, 15) is 4.79 Å². The van der Waals surface area contributed by atoms with E-state index in [-0.39, 0.29) is 5.91 Å². The molecule has 7 nitrogen and oxygen atoms in total. The number of hydrogen-bond acceptors (Lipinski definition) is 6. The smallest absolute Gasteiger partial charge is 0.250 e. The minimum Gasteiger partial charge on any atom is -0.497 e. The standard InChI is InChI=1S/C16H18N4O3S/c1-11-10-24-16-18-15(19-20(11)16)17-14(21)4-3-9-23-13-7-5-12(22-2)6-8-13/h5-8,10H,3-4,9H2,1-2H3,(H,17,19,21). The van der Waals surface area contributed by atoms with Gasteiger partial charge in [0, 0.05) is 11.8 Å². The van der Waals surface area contributed by atoms with Crippen molar-refractivity contribution in [3.05, 3.63) is 35.3 Å². The molecule has 0 unspecified atom stereocenters. The molecule has 3 rings (SSSR count). The summed E-state index contributed by atoms with van der Waals surface area (Å²) in [6, 6.07) is 7.34. The SMILES string of the molecule is COc1ccc(OCCCC(=O)Nc2nc3scc(C)n3n2)cc1. The molecule has 0 atom stereocenters. The van der Waals surface area contributed by atoms with Gasteiger partial charge in [-0.05, 0) is 37.6 Å². The Bertz CT molecular complexity index is 826. The summed E-state index contributed by atoms with van der Waals surface area (Å²) < 4.78 is 12.4. The molecule has 0 saturated heterocycles. The summed E-state index contributed by atoms with van der Waals surface area (Å²) in [4.78, 5) is 17.0. The van der Waals surface area contributed by atoms with Crippen LogP contribution in [0.2, 0.25) is 0 Å². The van der Waals surface area contributed by atoms with Gasteiger partial charge in [0.1, 0.15) is 11.5 Å². The Morgan fingerprint density at radius 2 is 2.04 bits per heavy atom. The first-order valence-electron chi connectivity index (χ1n) is 7.53. The highest BCUT2D eigenvalue weighted by Crippen LogP contribution is 2.17. The molecule has 1 amide bonds. The van der Waals surface area contributed by atoms with Gasteiger partial charge in [-0.1, -0.05) is 0 Å². The molecule has 2 aromatic heterocycles. The maximum absolute atomic E-state index is 11.9. The normalized spacial score (nSPS) is 10.8. The third kappa shape index (κ3) is 3.83. The van der Waals surface area contributed by atoms with Gasteiger partial charge < -0.3 is 9.47 Å². The highest BCUT2D eigenvalue weighted by Gasteiger charge is 2.10. The van der Waals surface area contributed by atoms with Crippen LogP contribution in [0.5, 0.6) is 11.5 Å². The maximum atomic E-state index is 11.9. The quantitative estimate of drug-likeness (QED) is 0.666. The zero-order chi connectivity index (χ0) is 16.9. The monoisotopic (exact) mass is 346 g/mol. The number of carbonyl (C=O) groups excluding carboxylic acids is 1. The zero-order valence-corrected chi connectivity index (χ0v) is 14.3. The predicted molar refractivity (Wildman–Crippen MR) is 92.0 cm³/mol. The molecule has 0 aliphatic heterocycles. The molecule has 2 heterocycles. The van der Waals surface area contributed by atoms with E-state index >= 15 is 0 Å². The first-order chi connectivity index (χ1) is 11.7. The molecule has 0 fully saturated rings. The van der Waals surface area contributed by atoms with Gasteiger partial charge in [-0.25, -0.2) is 4.52 Å². The summed E-state index contributed by atoms with van der Waals surface area (Å²) in [5.74, 6) is 1.75. The molecule has 1 N–H and O–H groups in total. The zero-order valence-electron chi connectivity index (χ0n) is 13.5. The number of anilines is 1. The van der Waals surface area contributed by atoms with E-state index in [0.717, 1.165) is 22.2 Å². The fourth-order valence-electron chi connectivity index (χ4n) is 2.13. The molecule has 0 radical (unpaired) electrons. The number of nitrogens with one attached hydrogen (secondary N) is 1. The average Bonchev–Trinajstić information content (AvgIpc) is 3.14. The van der Waals surface area contributed by atoms with E-state index in [0.29, 0.717) is 25.4 Å². The molecular weight excluding hydrogens is 328 g/mol. The first kappa shape index (κ1) is 16.3. The van der Waals surface area contributed by atoms with Gasteiger partial charge in [0.05, 0.1) is 19.4 Å². The van der Waals surface area contributed by atoms with Gasteiger partial charge in [-0.3, -0.25) is 10.1 Å². The van der Waals surface area contributed by atoms with Gasteiger partial charge in [0.15, 0.2) is 0 Å². The van der Waals surface area contributed by atoms with Crippen LogP contribution in [0, 0.1) is 6.92 Å². The van der Waals surface area contributed by atoms with Crippen LogP contribution in [0.15, 0.2) is 29.6 Å². The number of nitrogens with zero attached hydrogens (tertiary/aromatic N) is 3. The number of thiazole rings is 1. The Morgan fingerprint density at radius 1 is 1.29 bits per heavy atom. The lowest BCUT2D eigenvalue weighted by Crippen LogP contribution is -2.14. The number of fused-ring (bicyclic) bond motifs is 1. The number of rotatable bonds is 7. The summed E-state index contributed by atoms with van der Waals surface area (Å²) in [6.07, 6.45) is 0.959. The van der Waals surface area contributed by atoms with Crippen molar-refractivity contribution in [3.63, 3.8) is 0 Å². The fraction of sp³-hybridized carbons (Fsp3) is 0.312. The second-order valence-electron chi connectivity index (χ2n) is 5.18. The predicted octanol–water partition coefficient (Wildman–Crippen LogP) is 2.91. The number of hydrogen-bond donors (Lipinski definition) is 1. The molecule has 3 aromatic rings. The Kier molecular flexibility index (Phi) is 4.95. The minimum absolute atomic E-state index is 0.121. The van der Waals surface area contributed by atoms with Crippen molar-refractivity contribution in [2.75, 3.05) is 19.0 Å². The van der Waals surface area contributed by atoms with E-state index in [1.165, 1.54) is 11.3 Å². The van der Waals surface area contributed by atoms with Crippen molar-refractivity contribution in [1.82, 2.24) is 14.6 Å². The van der Waals surface area contributed by atoms with Crippen LogP contribution in [0.25, 0.3) is 4.96 Å². The molecule has 0 aliphatic rings. The van der Waals surface area contributed by atoms with Gasteiger partial charge in [0.25, 0.3) is 0 Å². The molecule has 1 aromatic carbocycles. The van der Waals surface area contributed by atoms with E-state index in [1.54, 1.807) is 11.6 Å². The van der Waals surface area contributed by atoms with Crippen molar-refractivity contribution in [1.29, 1.82) is 0 Å². The largest absolute Gasteiger partial charge is 0.497 e. The Hall–Kier alpha value is -2.61. The van der Waals surface area contributed by atoms with Crippen LogP contribution in [0.3, 0.4) is 0 Å². The van der Waals surface area contributed by atoms with Crippen molar-refractivity contribution < 1.29 is 14.3 Å². The van der Waals surface area contributed by atoms with Crippen LogP contribution >= 0.6 is 11.3 Å². The number of benzene rings is 1. The summed E-state index contributed by atoms with van der Waals surface area (Å²) in [7, 11) is 1.62. The molecule has 8 heteroatoms. The number of carbonyl (C=O) groups is 1. The Balaban J connectivity index is 1.41.